The van der Waals surface area contributed by atoms with Crippen LogP contribution in [0.2, 0.25) is 0 Å². The first-order chi connectivity index (χ1) is 15.2. The van der Waals surface area contributed by atoms with Gasteiger partial charge in [0, 0.05) is 6.42 Å². The molecule has 0 bridgehead atoms. The van der Waals surface area contributed by atoms with Crippen LogP contribution in [0.15, 0.2) is 42.5 Å². The number of aliphatic carboxylic acids is 1. The minimum Gasteiger partial charge on any atom is -0.481 e. The number of carboxylic acid groups (broad SMARTS) is 1. The average molecular weight is 427 g/mol. The summed E-state index contributed by atoms with van der Waals surface area (Å²) >= 11 is 0. The first kappa shape index (κ1) is 25.7. The first-order valence-corrected chi connectivity index (χ1v) is 13.1. The molecule has 31 heavy (non-hydrogen) atoms. The highest BCUT2D eigenvalue weighted by molar-refractivity contribution is 5.67. The summed E-state index contributed by atoms with van der Waals surface area (Å²) in [7, 11) is 0. The summed E-state index contributed by atoms with van der Waals surface area (Å²) in [6.45, 7) is 2.26. The van der Waals surface area contributed by atoms with Crippen LogP contribution in [0.1, 0.15) is 122 Å². The zero-order valence-electron chi connectivity index (χ0n) is 20.0. The molecular formula is C29H46O2. The number of hydrogen-bond donors (Lipinski definition) is 1. The van der Waals surface area contributed by atoms with Gasteiger partial charge in [-0.15, -0.1) is 0 Å². The minimum absolute atomic E-state index is 0.195. The van der Waals surface area contributed by atoms with E-state index in [1.165, 1.54) is 89.0 Å². The van der Waals surface area contributed by atoms with Crippen molar-refractivity contribution in [2.75, 3.05) is 0 Å². The first-order valence-electron chi connectivity index (χ1n) is 13.1. The molecule has 1 saturated carbocycles. The lowest BCUT2D eigenvalue weighted by atomic mass is 9.64. The molecule has 0 amide bonds. The van der Waals surface area contributed by atoms with Crippen LogP contribution in [0, 0.1) is 5.92 Å². The van der Waals surface area contributed by atoms with E-state index >= 15 is 0 Å². The molecule has 1 fully saturated rings. The van der Waals surface area contributed by atoms with Gasteiger partial charge in [0.1, 0.15) is 0 Å². The number of allylic oxidation sites excluding steroid dienone is 2. The quantitative estimate of drug-likeness (QED) is 0.212. The van der Waals surface area contributed by atoms with E-state index in [2.05, 4.69) is 49.4 Å². The fourth-order valence-corrected chi connectivity index (χ4v) is 5.50. The molecule has 1 aromatic rings. The van der Waals surface area contributed by atoms with E-state index in [4.69, 9.17) is 0 Å². The summed E-state index contributed by atoms with van der Waals surface area (Å²) < 4.78 is 0. The molecule has 1 aromatic carbocycles. The molecule has 0 spiro atoms. The lowest BCUT2D eigenvalue weighted by Crippen LogP contribution is -2.32. The van der Waals surface area contributed by atoms with Crippen LogP contribution in [0.5, 0.6) is 0 Å². The van der Waals surface area contributed by atoms with Crippen molar-refractivity contribution >= 4 is 5.97 Å². The zero-order valence-corrected chi connectivity index (χ0v) is 20.0. The Hall–Kier alpha value is -1.57. The Labute approximate surface area is 191 Å². The summed E-state index contributed by atoms with van der Waals surface area (Å²) in [6, 6.07) is 10.9. The second-order valence-electron chi connectivity index (χ2n) is 9.83. The van der Waals surface area contributed by atoms with Crippen molar-refractivity contribution in [3.05, 3.63) is 48.0 Å². The van der Waals surface area contributed by atoms with Crippen LogP contribution in [0.25, 0.3) is 0 Å². The lowest BCUT2D eigenvalue weighted by Gasteiger charge is -2.40. The van der Waals surface area contributed by atoms with Gasteiger partial charge in [0.15, 0.2) is 0 Å². The Morgan fingerprint density at radius 2 is 1.58 bits per heavy atom. The van der Waals surface area contributed by atoms with Crippen LogP contribution in [0.4, 0.5) is 0 Å². The molecule has 0 saturated heterocycles. The van der Waals surface area contributed by atoms with Crippen molar-refractivity contribution in [2.24, 2.45) is 5.92 Å². The van der Waals surface area contributed by atoms with E-state index in [9.17, 15) is 9.90 Å². The second kappa shape index (κ2) is 15.3. The second-order valence-corrected chi connectivity index (χ2v) is 9.83. The van der Waals surface area contributed by atoms with Gasteiger partial charge in [-0.3, -0.25) is 4.79 Å². The third-order valence-electron chi connectivity index (χ3n) is 7.21. The third-order valence-corrected chi connectivity index (χ3v) is 7.21. The molecule has 1 atom stereocenters. The highest BCUT2D eigenvalue weighted by atomic mass is 16.4. The highest BCUT2D eigenvalue weighted by Crippen LogP contribution is 2.45. The molecule has 0 aliphatic heterocycles. The Morgan fingerprint density at radius 1 is 0.935 bits per heavy atom. The monoisotopic (exact) mass is 426 g/mol. The average Bonchev–Trinajstić information content (AvgIpc) is 2.78. The van der Waals surface area contributed by atoms with Crippen LogP contribution in [-0.4, -0.2) is 11.1 Å². The standard InChI is InChI=1S/C29H46O2/c1-2-3-4-5-6-7-8-9-10-11-14-19-26(24-28(30)31)25-29(22-17-13-18-23-29)27-20-15-12-16-21-27/h7-8,12,15-16,20-21,26H,2-6,9-11,13-14,17-19,22-25H2,1H3,(H,30,31). The number of hydrogen-bond acceptors (Lipinski definition) is 1. The van der Waals surface area contributed by atoms with Gasteiger partial charge in [0.05, 0.1) is 0 Å². The molecule has 2 rings (SSSR count). The largest absolute Gasteiger partial charge is 0.481 e. The SMILES string of the molecule is CCCCCCC=CCCCCCC(CC(=O)O)CC1(c2ccccc2)CCCCC1. The summed E-state index contributed by atoms with van der Waals surface area (Å²) in [5, 5.41) is 9.54. The van der Waals surface area contributed by atoms with Gasteiger partial charge in [-0.05, 0) is 68.3 Å². The normalized spacial score (nSPS) is 17.1. The van der Waals surface area contributed by atoms with Crippen molar-refractivity contribution in [3.8, 4) is 0 Å². The molecule has 0 radical (unpaired) electrons. The van der Waals surface area contributed by atoms with E-state index < -0.39 is 5.97 Å². The molecule has 2 nitrogen and oxygen atoms in total. The number of carbonyl (C=O) groups is 1. The van der Waals surface area contributed by atoms with Crippen LogP contribution >= 0.6 is 0 Å². The Kier molecular flexibility index (Phi) is 12.7. The van der Waals surface area contributed by atoms with E-state index in [1.54, 1.807) is 0 Å². The van der Waals surface area contributed by atoms with Crippen molar-refractivity contribution in [1.29, 1.82) is 0 Å². The lowest BCUT2D eigenvalue weighted by molar-refractivity contribution is -0.138. The smallest absolute Gasteiger partial charge is 0.303 e. The fourth-order valence-electron chi connectivity index (χ4n) is 5.50. The molecule has 0 heterocycles. The maximum absolute atomic E-state index is 11.6. The van der Waals surface area contributed by atoms with Crippen molar-refractivity contribution < 1.29 is 9.90 Å². The van der Waals surface area contributed by atoms with Crippen molar-refractivity contribution in [1.82, 2.24) is 0 Å². The Bertz CT molecular complexity index is 613. The Balaban J connectivity index is 1.79. The van der Waals surface area contributed by atoms with Gasteiger partial charge in [-0.1, -0.05) is 101 Å². The summed E-state index contributed by atoms with van der Waals surface area (Å²) in [4.78, 5) is 11.6. The van der Waals surface area contributed by atoms with Gasteiger partial charge in [0.25, 0.3) is 0 Å². The minimum atomic E-state index is -0.630. The van der Waals surface area contributed by atoms with Gasteiger partial charge in [-0.2, -0.15) is 0 Å². The van der Waals surface area contributed by atoms with Gasteiger partial charge in [-0.25, -0.2) is 0 Å². The van der Waals surface area contributed by atoms with Gasteiger partial charge >= 0.3 is 5.97 Å². The maximum Gasteiger partial charge on any atom is 0.303 e. The maximum atomic E-state index is 11.6. The van der Waals surface area contributed by atoms with Crippen LogP contribution < -0.4 is 0 Å². The predicted molar refractivity (Wildman–Crippen MR) is 133 cm³/mol. The van der Waals surface area contributed by atoms with Gasteiger partial charge in [0.2, 0.25) is 0 Å². The topological polar surface area (TPSA) is 37.3 Å². The molecular weight excluding hydrogens is 380 g/mol. The molecule has 2 heteroatoms. The van der Waals surface area contributed by atoms with E-state index in [-0.39, 0.29) is 5.41 Å². The van der Waals surface area contributed by atoms with Crippen molar-refractivity contribution in [2.45, 2.75) is 121 Å². The van der Waals surface area contributed by atoms with Gasteiger partial charge < -0.3 is 5.11 Å². The number of unbranched alkanes of at least 4 members (excludes halogenated alkanes) is 7. The summed E-state index contributed by atoms with van der Waals surface area (Å²) in [6.07, 6.45) is 24.8. The molecule has 0 aromatic heterocycles. The number of benzene rings is 1. The molecule has 1 aliphatic rings. The van der Waals surface area contributed by atoms with Crippen LogP contribution in [0.3, 0.4) is 0 Å². The zero-order chi connectivity index (χ0) is 22.2. The van der Waals surface area contributed by atoms with E-state index in [1.807, 2.05) is 0 Å². The van der Waals surface area contributed by atoms with Crippen molar-refractivity contribution in [3.63, 3.8) is 0 Å². The van der Waals surface area contributed by atoms with Crippen LogP contribution in [-0.2, 0) is 10.2 Å². The molecule has 1 aliphatic carbocycles. The summed E-state index contributed by atoms with van der Waals surface area (Å²) in [5.74, 6) is -0.333. The highest BCUT2D eigenvalue weighted by Gasteiger charge is 2.36. The Morgan fingerprint density at radius 3 is 2.19 bits per heavy atom. The summed E-state index contributed by atoms with van der Waals surface area (Å²) in [5.41, 5.74) is 1.63. The van der Waals surface area contributed by atoms with E-state index in [0.29, 0.717) is 12.3 Å². The molecule has 174 valence electrons. The number of rotatable bonds is 16. The molecule has 1 unspecified atom stereocenters. The number of carboxylic acids is 1. The predicted octanol–water partition coefficient (Wildman–Crippen LogP) is 8.85. The van der Waals surface area contributed by atoms with E-state index in [0.717, 1.165) is 19.3 Å². The molecule has 1 N–H and O–H groups in total. The third kappa shape index (κ3) is 10.1. The fraction of sp³-hybridized carbons (Fsp3) is 0.690.